The Labute approximate surface area is 122 Å². The van der Waals surface area contributed by atoms with Crippen LogP contribution in [-0.4, -0.2) is 29.7 Å². The van der Waals surface area contributed by atoms with E-state index in [1.807, 2.05) is 0 Å². The van der Waals surface area contributed by atoms with Crippen molar-refractivity contribution in [3.8, 4) is 6.07 Å². The third kappa shape index (κ3) is 2.72. The maximum atomic E-state index is 11.1. The number of rotatable bonds is 5. The predicted octanol–water partition coefficient (Wildman–Crippen LogP) is 0.506. The van der Waals surface area contributed by atoms with E-state index in [1.54, 1.807) is 6.07 Å². The van der Waals surface area contributed by atoms with Crippen molar-refractivity contribution in [3.63, 3.8) is 0 Å². The third-order valence-electron chi connectivity index (χ3n) is 2.88. The lowest BCUT2D eigenvalue weighted by molar-refractivity contribution is -0.395. The smallest absolute Gasteiger partial charge is 0.283 e. The Morgan fingerprint density at radius 3 is 2.59 bits per heavy atom. The second-order valence-corrected chi connectivity index (χ2v) is 4.28. The van der Waals surface area contributed by atoms with Crippen LogP contribution in [0.5, 0.6) is 0 Å². The van der Waals surface area contributed by atoms with Crippen molar-refractivity contribution >= 4 is 11.4 Å². The fraction of sp³-hybridized carbons (Fsp3) is 0.182. The van der Waals surface area contributed by atoms with Crippen LogP contribution in [0.15, 0.2) is 30.9 Å². The SMILES string of the molecule is N#CC(O)(Cn1cncn1)c1ccc([N+](=O)[O-])cc1[N+](=O)[O-]. The molecule has 1 N–H and O–H groups in total. The highest BCUT2D eigenvalue weighted by molar-refractivity contribution is 5.53. The quantitative estimate of drug-likeness (QED) is 0.474. The van der Waals surface area contributed by atoms with E-state index < -0.39 is 33.4 Å². The highest BCUT2D eigenvalue weighted by Gasteiger charge is 2.38. The molecule has 0 amide bonds. The molecule has 1 aromatic carbocycles. The van der Waals surface area contributed by atoms with Gasteiger partial charge in [-0.1, -0.05) is 0 Å². The summed E-state index contributed by atoms with van der Waals surface area (Å²) in [6, 6.07) is 4.22. The Morgan fingerprint density at radius 1 is 1.36 bits per heavy atom. The molecule has 112 valence electrons. The van der Waals surface area contributed by atoms with E-state index >= 15 is 0 Å². The van der Waals surface area contributed by atoms with Crippen LogP contribution in [-0.2, 0) is 12.1 Å². The van der Waals surface area contributed by atoms with Crippen LogP contribution in [0.2, 0.25) is 0 Å². The number of nitrogens with zero attached hydrogens (tertiary/aromatic N) is 6. The first kappa shape index (κ1) is 15.0. The molecule has 0 aliphatic carbocycles. The van der Waals surface area contributed by atoms with E-state index in [0.717, 1.165) is 16.8 Å². The van der Waals surface area contributed by atoms with Gasteiger partial charge < -0.3 is 5.11 Å². The molecule has 1 atom stereocenters. The summed E-state index contributed by atoms with van der Waals surface area (Å²) in [5.41, 5.74) is -3.89. The van der Waals surface area contributed by atoms with E-state index in [-0.39, 0.29) is 5.56 Å². The zero-order chi connectivity index (χ0) is 16.3. The Kier molecular flexibility index (Phi) is 3.78. The number of hydrogen-bond donors (Lipinski definition) is 1. The minimum Gasteiger partial charge on any atom is -0.370 e. The first-order valence-electron chi connectivity index (χ1n) is 5.77. The van der Waals surface area contributed by atoms with Gasteiger partial charge in [-0.2, -0.15) is 10.4 Å². The van der Waals surface area contributed by atoms with Crippen molar-refractivity contribution in [3.05, 3.63) is 56.6 Å². The van der Waals surface area contributed by atoms with E-state index in [9.17, 15) is 30.6 Å². The summed E-state index contributed by atoms with van der Waals surface area (Å²) >= 11 is 0. The van der Waals surface area contributed by atoms with Gasteiger partial charge in [0.2, 0.25) is 5.60 Å². The number of nitriles is 1. The van der Waals surface area contributed by atoms with Crippen molar-refractivity contribution in [2.24, 2.45) is 0 Å². The number of benzene rings is 1. The standard InChI is InChI=1S/C11H8N6O5/c12-4-11(18,5-15-7-13-6-14-15)9-2-1-8(16(19)20)3-10(9)17(21)22/h1-3,6-7,18H,5H2. The molecule has 0 bridgehead atoms. The first-order chi connectivity index (χ1) is 10.4. The van der Waals surface area contributed by atoms with Crippen LogP contribution in [0, 0.1) is 31.6 Å². The molecule has 0 fully saturated rings. The summed E-state index contributed by atoms with van der Waals surface area (Å²) < 4.78 is 1.12. The van der Waals surface area contributed by atoms with Crippen molar-refractivity contribution in [2.75, 3.05) is 0 Å². The molecule has 11 heteroatoms. The maximum Gasteiger partial charge on any atom is 0.283 e. The minimum atomic E-state index is -2.29. The average molecular weight is 304 g/mol. The Hall–Kier alpha value is -3.39. The summed E-state index contributed by atoms with van der Waals surface area (Å²) in [4.78, 5) is 23.7. The summed E-state index contributed by atoms with van der Waals surface area (Å²) in [6.07, 6.45) is 2.39. The molecule has 2 rings (SSSR count). The summed E-state index contributed by atoms with van der Waals surface area (Å²) in [5, 5.41) is 45.1. The van der Waals surface area contributed by atoms with Crippen molar-refractivity contribution in [1.29, 1.82) is 5.26 Å². The molecular formula is C11H8N6O5. The Bertz CT molecular complexity index is 768. The lowest BCUT2D eigenvalue weighted by Crippen LogP contribution is -2.31. The van der Waals surface area contributed by atoms with Gasteiger partial charge in [0.1, 0.15) is 18.7 Å². The zero-order valence-electron chi connectivity index (χ0n) is 10.9. The van der Waals surface area contributed by atoms with E-state index in [0.29, 0.717) is 6.07 Å². The molecule has 0 radical (unpaired) electrons. The van der Waals surface area contributed by atoms with E-state index in [4.69, 9.17) is 0 Å². The number of nitro groups is 2. The van der Waals surface area contributed by atoms with Crippen LogP contribution in [0.25, 0.3) is 0 Å². The molecule has 0 spiro atoms. The molecule has 11 nitrogen and oxygen atoms in total. The largest absolute Gasteiger partial charge is 0.370 e. The second-order valence-electron chi connectivity index (χ2n) is 4.28. The molecule has 1 heterocycles. The highest BCUT2D eigenvalue weighted by atomic mass is 16.6. The molecule has 0 aliphatic rings. The zero-order valence-corrected chi connectivity index (χ0v) is 10.9. The Morgan fingerprint density at radius 2 is 2.09 bits per heavy atom. The summed E-state index contributed by atoms with van der Waals surface area (Å²) in [6.45, 7) is -0.415. The van der Waals surface area contributed by atoms with Crippen LogP contribution in [0.1, 0.15) is 5.56 Å². The molecule has 1 unspecified atom stereocenters. The van der Waals surface area contributed by atoms with Crippen molar-refractivity contribution < 1.29 is 15.0 Å². The maximum absolute atomic E-state index is 11.1. The number of hydrogen-bond acceptors (Lipinski definition) is 8. The number of non-ortho nitro benzene ring substituents is 1. The monoisotopic (exact) mass is 304 g/mol. The number of nitro benzene ring substituents is 2. The lowest BCUT2D eigenvalue weighted by Gasteiger charge is -2.20. The molecule has 0 saturated heterocycles. The van der Waals surface area contributed by atoms with E-state index in [1.165, 1.54) is 12.7 Å². The van der Waals surface area contributed by atoms with Crippen molar-refractivity contribution in [1.82, 2.24) is 14.8 Å². The lowest BCUT2D eigenvalue weighted by atomic mass is 9.93. The van der Waals surface area contributed by atoms with Gasteiger partial charge >= 0.3 is 0 Å². The first-order valence-corrected chi connectivity index (χ1v) is 5.77. The van der Waals surface area contributed by atoms with Gasteiger partial charge in [0.15, 0.2) is 0 Å². The van der Waals surface area contributed by atoms with Gasteiger partial charge in [-0.15, -0.1) is 0 Å². The van der Waals surface area contributed by atoms with Gasteiger partial charge in [-0.05, 0) is 6.07 Å². The van der Waals surface area contributed by atoms with Gasteiger partial charge in [-0.25, -0.2) is 9.67 Å². The Balaban J connectivity index is 2.55. The molecule has 22 heavy (non-hydrogen) atoms. The van der Waals surface area contributed by atoms with Gasteiger partial charge in [0.25, 0.3) is 11.4 Å². The molecule has 1 aromatic heterocycles. The second kappa shape index (κ2) is 5.54. The van der Waals surface area contributed by atoms with Crippen molar-refractivity contribution in [2.45, 2.75) is 12.1 Å². The van der Waals surface area contributed by atoms with E-state index in [2.05, 4.69) is 10.1 Å². The third-order valence-corrected chi connectivity index (χ3v) is 2.88. The topological polar surface area (TPSA) is 161 Å². The number of aromatic nitrogens is 3. The van der Waals surface area contributed by atoms with Crippen LogP contribution >= 0.6 is 0 Å². The fourth-order valence-electron chi connectivity index (χ4n) is 1.86. The van der Waals surface area contributed by atoms with Crippen LogP contribution in [0.4, 0.5) is 11.4 Å². The molecule has 0 aliphatic heterocycles. The van der Waals surface area contributed by atoms with Gasteiger partial charge in [0, 0.05) is 6.07 Å². The number of aliphatic hydroxyl groups is 1. The predicted molar refractivity (Wildman–Crippen MR) is 69.3 cm³/mol. The summed E-state index contributed by atoms with van der Waals surface area (Å²) in [5.74, 6) is 0. The molecule has 0 saturated carbocycles. The fourth-order valence-corrected chi connectivity index (χ4v) is 1.86. The average Bonchev–Trinajstić information content (AvgIpc) is 2.99. The molecule has 2 aromatic rings. The minimum absolute atomic E-state index is 0.360. The van der Waals surface area contributed by atoms with Crippen LogP contribution < -0.4 is 0 Å². The summed E-state index contributed by atoms with van der Waals surface area (Å²) in [7, 11) is 0. The van der Waals surface area contributed by atoms with Crippen LogP contribution in [0.3, 0.4) is 0 Å². The molecular weight excluding hydrogens is 296 g/mol. The normalized spacial score (nSPS) is 13.1. The van der Waals surface area contributed by atoms with Gasteiger partial charge in [0.05, 0.1) is 28.0 Å². The highest BCUT2D eigenvalue weighted by Crippen LogP contribution is 2.33. The van der Waals surface area contributed by atoms with Gasteiger partial charge in [-0.3, -0.25) is 20.2 Å².